The molecule has 0 unspecified atom stereocenters. The topological polar surface area (TPSA) is 71.7 Å². The van der Waals surface area contributed by atoms with E-state index in [0.29, 0.717) is 5.96 Å². The number of anilines is 1. The number of benzene rings is 1. The Kier molecular flexibility index (Phi) is 6.00. The molecular weight excluding hydrogens is 228 g/mol. The van der Waals surface area contributed by atoms with Crippen LogP contribution in [0.5, 0.6) is 5.75 Å². The van der Waals surface area contributed by atoms with E-state index in [2.05, 4.69) is 22.7 Å². The molecule has 0 saturated carbocycles. The second-order valence-electron chi connectivity index (χ2n) is 4.19. The van der Waals surface area contributed by atoms with Crippen molar-refractivity contribution in [2.45, 2.75) is 33.3 Å². The lowest BCUT2D eigenvalue weighted by Gasteiger charge is -2.12. The van der Waals surface area contributed by atoms with Crippen molar-refractivity contribution in [3.63, 3.8) is 0 Å². The fraction of sp³-hybridized carbons (Fsp3) is 0.462. The van der Waals surface area contributed by atoms with E-state index in [-0.39, 0.29) is 6.10 Å². The van der Waals surface area contributed by atoms with Gasteiger partial charge in [0.15, 0.2) is 0 Å². The van der Waals surface area contributed by atoms with Gasteiger partial charge in [-0.25, -0.2) is 5.84 Å². The van der Waals surface area contributed by atoms with Crippen molar-refractivity contribution in [1.82, 2.24) is 5.43 Å². The standard InChI is InChI=1S/C13H22N4O/c1-4-9-15-13(17-14)16-11-5-7-12(8-6-11)18-10(2)3/h5-8,10H,4,9,14H2,1-3H3,(H2,15,16,17). The van der Waals surface area contributed by atoms with E-state index in [9.17, 15) is 0 Å². The molecule has 100 valence electrons. The Bertz CT molecular complexity index is 373. The largest absolute Gasteiger partial charge is 0.491 e. The van der Waals surface area contributed by atoms with Crippen LogP contribution in [0.2, 0.25) is 0 Å². The van der Waals surface area contributed by atoms with E-state index in [1.165, 1.54) is 0 Å². The fourth-order valence-electron chi connectivity index (χ4n) is 1.37. The maximum atomic E-state index is 5.57. The Morgan fingerprint density at radius 2 is 2.00 bits per heavy atom. The Hall–Kier alpha value is -1.75. The highest BCUT2D eigenvalue weighted by Gasteiger charge is 2.00. The minimum Gasteiger partial charge on any atom is -0.491 e. The summed E-state index contributed by atoms with van der Waals surface area (Å²) in [6.07, 6.45) is 1.16. The lowest BCUT2D eigenvalue weighted by Crippen LogP contribution is -2.36. The number of hydrogen-bond donors (Lipinski definition) is 3. The van der Waals surface area contributed by atoms with Crippen molar-refractivity contribution in [1.29, 1.82) is 0 Å². The number of rotatable bonds is 5. The number of nitrogens with zero attached hydrogens (tertiary/aromatic N) is 1. The van der Waals surface area contributed by atoms with Crippen LogP contribution in [-0.2, 0) is 0 Å². The molecule has 0 aliphatic heterocycles. The van der Waals surface area contributed by atoms with Crippen LogP contribution >= 0.6 is 0 Å². The highest BCUT2D eigenvalue weighted by atomic mass is 16.5. The second kappa shape index (κ2) is 7.55. The van der Waals surface area contributed by atoms with Crippen molar-refractivity contribution in [2.75, 3.05) is 11.9 Å². The molecule has 0 aliphatic rings. The van der Waals surface area contributed by atoms with Crippen molar-refractivity contribution in [3.05, 3.63) is 24.3 Å². The molecule has 0 saturated heterocycles. The molecule has 0 spiro atoms. The Balaban J connectivity index is 2.62. The molecule has 0 aromatic heterocycles. The average Bonchev–Trinajstić information content (AvgIpc) is 2.36. The van der Waals surface area contributed by atoms with E-state index >= 15 is 0 Å². The normalized spacial score (nSPS) is 11.5. The summed E-state index contributed by atoms with van der Waals surface area (Å²) in [4.78, 5) is 4.26. The summed E-state index contributed by atoms with van der Waals surface area (Å²) >= 11 is 0. The predicted molar refractivity (Wildman–Crippen MR) is 75.7 cm³/mol. The minimum absolute atomic E-state index is 0.177. The van der Waals surface area contributed by atoms with Gasteiger partial charge in [0.05, 0.1) is 6.10 Å². The maximum Gasteiger partial charge on any atom is 0.210 e. The van der Waals surface area contributed by atoms with Gasteiger partial charge in [0, 0.05) is 12.2 Å². The van der Waals surface area contributed by atoms with Gasteiger partial charge in [0.25, 0.3) is 0 Å². The van der Waals surface area contributed by atoms with E-state index < -0.39 is 0 Å². The first-order chi connectivity index (χ1) is 8.65. The first-order valence-corrected chi connectivity index (χ1v) is 6.20. The molecule has 0 aliphatic carbocycles. The highest BCUT2D eigenvalue weighted by molar-refractivity contribution is 5.93. The van der Waals surface area contributed by atoms with Gasteiger partial charge in [-0.05, 0) is 44.5 Å². The third-order valence-electron chi connectivity index (χ3n) is 2.12. The minimum atomic E-state index is 0.177. The third-order valence-corrected chi connectivity index (χ3v) is 2.12. The molecule has 0 fully saturated rings. The van der Waals surface area contributed by atoms with Crippen molar-refractivity contribution < 1.29 is 4.74 Å². The van der Waals surface area contributed by atoms with Crippen LogP contribution in [0, 0.1) is 0 Å². The van der Waals surface area contributed by atoms with Crippen LogP contribution in [0.3, 0.4) is 0 Å². The zero-order valence-electron chi connectivity index (χ0n) is 11.2. The summed E-state index contributed by atoms with van der Waals surface area (Å²) < 4.78 is 5.57. The molecule has 0 bridgehead atoms. The molecule has 5 heteroatoms. The van der Waals surface area contributed by atoms with Gasteiger partial charge >= 0.3 is 0 Å². The molecule has 0 atom stereocenters. The molecule has 0 radical (unpaired) electrons. The molecule has 1 rings (SSSR count). The predicted octanol–water partition coefficient (Wildman–Crippen LogP) is 2.11. The molecular formula is C13H22N4O. The van der Waals surface area contributed by atoms with E-state index in [4.69, 9.17) is 10.6 Å². The van der Waals surface area contributed by atoms with Crippen LogP contribution in [0.1, 0.15) is 27.2 Å². The van der Waals surface area contributed by atoms with Gasteiger partial charge < -0.3 is 10.1 Å². The van der Waals surface area contributed by atoms with Crippen molar-refractivity contribution in [3.8, 4) is 5.75 Å². The van der Waals surface area contributed by atoms with Gasteiger partial charge in [-0.3, -0.25) is 10.4 Å². The Labute approximate surface area is 108 Å². The van der Waals surface area contributed by atoms with Gasteiger partial charge in [-0.15, -0.1) is 0 Å². The molecule has 1 aromatic rings. The van der Waals surface area contributed by atoms with E-state index in [1.807, 2.05) is 38.1 Å². The van der Waals surface area contributed by atoms with Crippen LogP contribution in [0.25, 0.3) is 0 Å². The molecule has 5 nitrogen and oxygen atoms in total. The van der Waals surface area contributed by atoms with Crippen molar-refractivity contribution >= 4 is 11.6 Å². The SMILES string of the molecule is CCCN=C(NN)Nc1ccc(OC(C)C)cc1. The Morgan fingerprint density at radius 1 is 1.33 bits per heavy atom. The summed E-state index contributed by atoms with van der Waals surface area (Å²) in [6.45, 7) is 6.80. The number of aliphatic imine (C=N–C) groups is 1. The number of hydrazine groups is 1. The zero-order chi connectivity index (χ0) is 13.4. The number of guanidine groups is 1. The average molecular weight is 250 g/mol. The lowest BCUT2D eigenvalue weighted by atomic mass is 10.3. The summed E-state index contributed by atoms with van der Waals surface area (Å²) in [7, 11) is 0. The summed E-state index contributed by atoms with van der Waals surface area (Å²) in [5, 5.41) is 3.10. The van der Waals surface area contributed by atoms with Crippen LogP contribution < -0.4 is 21.3 Å². The molecule has 4 N–H and O–H groups in total. The van der Waals surface area contributed by atoms with Crippen LogP contribution in [0.4, 0.5) is 5.69 Å². The zero-order valence-corrected chi connectivity index (χ0v) is 11.2. The smallest absolute Gasteiger partial charge is 0.210 e. The number of ether oxygens (including phenoxy) is 1. The summed E-state index contributed by atoms with van der Waals surface area (Å²) in [6, 6.07) is 7.68. The fourth-order valence-corrected chi connectivity index (χ4v) is 1.37. The Morgan fingerprint density at radius 3 is 2.50 bits per heavy atom. The number of hydrogen-bond acceptors (Lipinski definition) is 3. The monoisotopic (exact) mass is 250 g/mol. The highest BCUT2D eigenvalue weighted by Crippen LogP contribution is 2.16. The van der Waals surface area contributed by atoms with Crippen LogP contribution in [0.15, 0.2) is 29.3 Å². The lowest BCUT2D eigenvalue weighted by molar-refractivity contribution is 0.242. The van der Waals surface area contributed by atoms with Crippen molar-refractivity contribution in [2.24, 2.45) is 10.8 Å². The van der Waals surface area contributed by atoms with E-state index in [1.54, 1.807) is 0 Å². The first kappa shape index (κ1) is 14.3. The third kappa shape index (κ3) is 5.05. The molecule has 0 heterocycles. The summed E-state index contributed by atoms with van der Waals surface area (Å²) in [5.74, 6) is 6.80. The van der Waals surface area contributed by atoms with E-state index in [0.717, 1.165) is 24.4 Å². The summed E-state index contributed by atoms with van der Waals surface area (Å²) in [5.41, 5.74) is 3.46. The van der Waals surface area contributed by atoms with Gasteiger partial charge in [0.1, 0.15) is 5.75 Å². The first-order valence-electron chi connectivity index (χ1n) is 6.20. The molecule has 1 aromatic carbocycles. The number of nitrogens with two attached hydrogens (primary N) is 1. The van der Waals surface area contributed by atoms with Crippen LogP contribution in [-0.4, -0.2) is 18.6 Å². The molecule has 18 heavy (non-hydrogen) atoms. The number of nitrogens with one attached hydrogen (secondary N) is 2. The van der Waals surface area contributed by atoms with Gasteiger partial charge in [-0.1, -0.05) is 6.92 Å². The molecule has 0 amide bonds. The quantitative estimate of drug-likeness (QED) is 0.324. The maximum absolute atomic E-state index is 5.57. The van der Waals surface area contributed by atoms with Gasteiger partial charge in [0.2, 0.25) is 5.96 Å². The second-order valence-corrected chi connectivity index (χ2v) is 4.19. The van der Waals surface area contributed by atoms with Gasteiger partial charge in [-0.2, -0.15) is 0 Å².